The van der Waals surface area contributed by atoms with E-state index in [1.54, 1.807) is 6.07 Å². The molecule has 6 nitrogen and oxygen atoms in total. The molecule has 2 heterocycles. The largest absolute Gasteiger partial charge is 0.349 e. The van der Waals surface area contributed by atoms with Crippen molar-refractivity contribution in [1.82, 2.24) is 19.9 Å². The number of carbonyl (C=O) groups is 1. The van der Waals surface area contributed by atoms with Crippen LogP contribution in [0.4, 0.5) is 0 Å². The Kier molecular flexibility index (Phi) is 4.97. The molecule has 0 aliphatic carbocycles. The third-order valence-corrected chi connectivity index (χ3v) is 3.98. The van der Waals surface area contributed by atoms with Crippen LogP contribution in [0.25, 0.3) is 10.9 Å². The first-order valence-corrected chi connectivity index (χ1v) is 8.45. The van der Waals surface area contributed by atoms with Crippen LogP contribution in [0.1, 0.15) is 30.0 Å². The minimum absolute atomic E-state index is 0.164. The highest BCUT2D eigenvalue weighted by Crippen LogP contribution is 2.14. The van der Waals surface area contributed by atoms with E-state index in [1.807, 2.05) is 30.5 Å². The number of H-pyrrole nitrogens is 1. The summed E-state index contributed by atoms with van der Waals surface area (Å²) in [5, 5.41) is 4.00. The van der Waals surface area contributed by atoms with E-state index in [0.29, 0.717) is 25.4 Å². The number of nitrogens with one attached hydrogen (secondary N) is 2. The predicted octanol–water partition coefficient (Wildman–Crippen LogP) is 2.35. The van der Waals surface area contributed by atoms with Crippen LogP contribution in [0.5, 0.6) is 0 Å². The van der Waals surface area contributed by atoms with Gasteiger partial charge in [0.25, 0.3) is 5.91 Å². The lowest BCUT2D eigenvalue weighted by atomic mass is 10.1. The zero-order valence-electron chi connectivity index (χ0n) is 14.5. The standard InChI is InChI=1S/C19H22N4O2/c1-13(2)11-15-12-16(22-19(25)21-15)18(24)20-8-10-23-9-7-14-5-3-4-6-17(14)23/h3-7,9,12-13H,8,10-11H2,1-2H3,(H,20,24)(H,21,22,25). The topological polar surface area (TPSA) is 79.8 Å². The van der Waals surface area contributed by atoms with Crippen LogP contribution in [0.2, 0.25) is 0 Å². The highest BCUT2D eigenvalue weighted by molar-refractivity contribution is 5.92. The van der Waals surface area contributed by atoms with Gasteiger partial charge in [0.05, 0.1) is 0 Å². The van der Waals surface area contributed by atoms with E-state index in [1.165, 1.54) is 5.39 Å². The van der Waals surface area contributed by atoms with Crippen molar-refractivity contribution in [2.75, 3.05) is 6.54 Å². The van der Waals surface area contributed by atoms with Crippen molar-refractivity contribution in [2.24, 2.45) is 5.92 Å². The van der Waals surface area contributed by atoms with Gasteiger partial charge >= 0.3 is 5.69 Å². The van der Waals surface area contributed by atoms with E-state index >= 15 is 0 Å². The van der Waals surface area contributed by atoms with Crippen molar-refractivity contribution in [3.8, 4) is 0 Å². The zero-order chi connectivity index (χ0) is 17.8. The summed E-state index contributed by atoms with van der Waals surface area (Å²) in [6, 6.07) is 11.8. The minimum Gasteiger partial charge on any atom is -0.349 e. The molecule has 2 aromatic heterocycles. The van der Waals surface area contributed by atoms with Gasteiger partial charge in [0.15, 0.2) is 0 Å². The van der Waals surface area contributed by atoms with Crippen molar-refractivity contribution in [2.45, 2.75) is 26.8 Å². The average Bonchev–Trinajstić information content (AvgIpc) is 2.97. The highest BCUT2D eigenvalue weighted by atomic mass is 16.2. The Morgan fingerprint density at radius 1 is 1.28 bits per heavy atom. The Bertz CT molecular complexity index is 940. The number of fused-ring (bicyclic) bond motifs is 1. The van der Waals surface area contributed by atoms with Crippen molar-refractivity contribution >= 4 is 16.8 Å². The molecule has 3 rings (SSSR count). The molecule has 0 bridgehead atoms. The van der Waals surface area contributed by atoms with Crippen LogP contribution in [-0.4, -0.2) is 27.0 Å². The Balaban J connectivity index is 1.64. The fraction of sp³-hybridized carbons (Fsp3) is 0.316. The molecule has 0 aliphatic rings. The summed E-state index contributed by atoms with van der Waals surface area (Å²) in [5.41, 5.74) is 1.54. The molecule has 1 aromatic carbocycles. The second-order valence-electron chi connectivity index (χ2n) is 6.52. The van der Waals surface area contributed by atoms with Gasteiger partial charge in [0.2, 0.25) is 0 Å². The van der Waals surface area contributed by atoms with Gasteiger partial charge in [-0.05, 0) is 35.9 Å². The average molecular weight is 338 g/mol. The first-order valence-electron chi connectivity index (χ1n) is 8.45. The number of aromatic amines is 1. The van der Waals surface area contributed by atoms with Gasteiger partial charge in [0, 0.05) is 30.5 Å². The molecule has 130 valence electrons. The maximum absolute atomic E-state index is 12.3. The van der Waals surface area contributed by atoms with Crippen LogP contribution in [0.3, 0.4) is 0 Å². The quantitative estimate of drug-likeness (QED) is 0.724. The number of nitrogens with zero attached hydrogens (tertiary/aromatic N) is 2. The molecule has 0 unspecified atom stereocenters. The summed E-state index contributed by atoms with van der Waals surface area (Å²) < 4.78 is 2.09. The lowest BCUT2D eigenvalue weighted by Crippen LogP contribution is -2.30. The number of hydrogen-bond acceptors (Lipinski definition) is 3. The Labute approximate surface area is 145 Å². The second-order valence-corrected chi connectivity index (χ2v) is 6.52. The lowest BCUT2D eigenvalue weighted by Gasteiger charge is -2.09. The fourth-order valence-electron chi connectivity index (χ4n) is 2.89. The van der Waals surface area contributed by atoms with E-state index < -0.39 is 5.69 Å². The number of rotatable bonds is 6. The van der Waals surface area contributed by atoms with Gasteiger partial charge in [0.1, 0.15) is 5.69 Å². The number of benzene rings is 1. The van der Waals surface area contributed by atoms with E-state index in [9.17, 15) is 9.59 Å². The van der Waals surface area contributed by atoms with Crippen LogP contribution in [0.15, 0.2) is 47.4 Å². The molecule has 0 spiro atoms. The molecule has 0 saturated carbocycles. The molecule has 3 aromatic rings. The van der Waals surface area contributed by atoms with Crippen LogP contribution in [0, 0.1) is 5.92 Å². The number of carbonyl (C=O) groups excluding carboxylic acids is 1. The summed E-state index contributed by atoms with van der Waals surface area (Å²) in [6.45, 7) is 5.23. The monoisotopic (exact) mass is 338 g/mol. The second kappa shape index (κ2) is 7.34. The number of amides is 1. The van der Waals surface area contributed by atoms with Crippen molar-refractivity contribution < 1.29 is 4.79 Å². The van der Waals surface area contributed by atoms with Gasteiger partial charge in [-0.1, -0.05) is 32.0 Å². The van der Waals surface area contributed by atoms with Crippen LogP contribution in [-0.2, 0) is 13.0 Å². The zero-order valence-corrected chi connectivity index (χ0v) is 14.5. The predicted molar refractivity (Wildman–Crippen MR) is 97.7 cm³/mol. The summed E-state index contributed by atoms with van der Waals surface area (Å²) in [4.78, 5) is 30.4. The van der Waals surface area contributed by atoms with E-state index in [2.05, 4.69) is 39.8 Å². The third kappa shape index (κ3) is 4.15. The molecule has 0 fully saturated rings. The first-order chi connectivity index (χ1) is 12.0. The minimum atomic E-state index is -0.486. The maximum Gasteiger partial charge on any atom is 0.345 e. The molecule has 6 heteroatoms. The Hall–Kier alpha value is -2.89. The number of para-hydroxylation sites is 1. The number of aromatic nitrogens is 3. The van der Waals surface area contributed by atoms with Crippen molar-refractivity contribution in [3.63, 3.8) is 0 Å². The van der Waals surface area contributed by atoms with E-state index in [4.69, 9.17) is 0 Å². The van der Waals surface area contributed by atoms with Crippen LogP contribution >= 0.6 is 0 Å². The van der Waals surface area contributed by atoms with Crippen LogP contribution < -0.4 is 11.0 Å². The summed E-state index contributed by atoms with van der Waals surface area (Å²) in [5.74, 6) is 0.0588. The van der Waals surface area contributed by atoms with Gasteiger partial charge in [-0.2, -0.15) is 4.98 Å². The van der Waals surface area contributed by atoms with Gasteiger partial charge in [-0.15, -0.1) is 0 Å². The molecule has 0 saturated heterocycles. The van der Waals surface area contributed by atoms with Crippen molar-refractivity contribution in [3.05, 3.63) is 64.5 Å². The highest BCUT2D eigenvalue weighted by Gasteiger charge is 2.11. The summed E-state index contributed by atoms with van der Waals surface area (Å²) in [6.07, 6.45) is 2.70. The summed E-state index contributed by atoms with van der Waals surface area (Å²) >= 11 is 0. The van der Waals surface area contributed by atoms with Gasteiger partial charge in [-0.3, -0.25) is 4.79 Å². The Morgan fingerprint density at radius 3 is 2.88 bits per heavy atom. The number of hydrogen-bond donors (Lipinski definition) is 2. The molecular weight excluding hydrogens is 316 g/mol. The van der Waals surface area contributed by atoms with Crippen molar-refractivity contribution in [1.29, 1.82) is 0 Å². The lowest BCUT2D eigenvalue weighted by molar-refractivity contribution is 0.0946. The maximum atomic E-state index is 12.3. The van der Waals surface area contributed by atoms with E-state index in [0.717, 1.165) is 11.2 Å². The van der Waals surface area contributed by atoms with Gasteiger partial charge < -0.3 is 14.9 Å². The fourth-order valence-corrected chi connectivity index (χ4v) is 2.89. The molecule has 0 radical (unpaired) electrons. The molecular formula is C19H22N4O2. The normalized spacial score (nSPS) is 11.2. The van der Waals surface area contributed by atoms with E-state index in [-0.39, 0.29) is 11.6 Å². The SMILES string of the molecule is CC(C)Cc1cc(C(=O)NCCn2ccc3ccccc32)nc(=O)[nH]1. The first kappa shape index (κ1) is 17.0. The Morgan fingerprint density at radius 2 is 2.08 bits per heavy atom. The van der Waals surface area contributed by atoms with Gasteiger partial charge in [-0.25, -0.2) is 4.79 Å². The smallest absolute Gasteiger partial charge is 0.345 e. The molecule has 2 N–H and O–H groups in total. The molecule has 1 amide bonds. The molecule has 25 heavy (non-hydrogen) atoms. The third-order valence-electron chi connectivity index (χ3n) is 3.98. The molecule has 0 aliphatic heterocycles. The summed E-state index contributed by atoms with van der Waals surface area (Å²) in [7, 11) is 0. The molecule has 0 atom stereocenters.